The van der Waals surface area contributed by atoms with Crippen molar-refractivity contribution in [1.82, 2.24) is 4.31 Å². The van der Waals surface area contributed by atoms with Gasteiger partial charge in [-0.3, -0.25) is 0 Å². The molecule has 2 fully saturated rings. The fourth-order valence-electron chi connectivity index (χ4n) is 3.82. The van der Waals surface area contributed by atoms with Crippen LogP contribution in [0, 0.1) is 18.8 Å². The Labute approximate surface area is 128 Å². The van der Waals surface area contributed by atoms with Crippen LogP contribution in [0.3, 0.4) is 0 Å². The van der Waals surface area contributed by atoms with Crippen LogP contribution in [0.25, 0.3) is 0 Å². The molecule has 1 aliphatic carbocycles. The minimum absolute atomic E-state index is 0.442. The van der Waals surface area contributed by atoms with E-state index >= 15 is 0 Å². The fourth-order valence-corrected chi connectivity index (χ4v) is 5.33. The van der Waals surface area contributed by atoms with E-state index in [0.29, 0.717) is 17.4 Å². The van der Waals surface area contributed by atoms with Crippen molar-refractivity contribution in [2.24, 2.45) is 11.8 Å². The normalized spacial score (nSPS) is 25.3. The van der Waals surface area contributed by atoms with E-state index < -0.39 is 10.0 Å². The first kappa shape index (κ1) is 15.0. The number of hydrogen-bond acceptors (Lipinski definition) is 2. The van der Waals surface area contributed by atoms with Gasteiger partial charge in [0.25, 0.3) is 0 Å². The summed E-state index contributed by atoms with van der Waals surface area (Å²) in [7, 11) is -3.29. The molecule has 21 heavy (non-hydrogen) atoms. The lowest BCUT2D eigenvalue weighted by atomic mass is 9.80. The number of hydrogen-bond donors (Lipinski definition) is 0. The molecule has 1 heterocycles. The molecular formula is C17H25NO2S. The number of rotatable bonds is 3. The molecule has 0 aromatic heterocycles. The molecule has 1 saturated carbocycles. The van der Waals surface area contributed by atoms with Crippen LogP contribution < -0.4 is 0 Å². The van der Waals surface area contributed by atoms with Crippen molar-refractivity contribution in [3.05, 3.63) is 29.8 Å². The molecule has 0 spiro atoms. The highest BCUT2D eigenvalue weighted by atomic mass is 32.2. The smallest absolute Gasteiger partial charge is 0.207 e. The van der Waals surface area contributed by atoms with Crippen molar-refractivity contribution in [3.63, 3.8) is 0 Å². The van der Waals surface area contributed by atoms with Crippen molar-refractivity contribution < 1.29 is 8.42 Å². The van der Waals surface area contributed by atoms with Crippen LogP contribution in [0.5, 0.6) is 0 Å². The lowest BCUT2D eigenvalue weighted by Gasteiger charge is -2.27. The van der Waals surface area contributed by atoms with Gasteiger partial charge in [-0.25, -0.2) is 8.42 Å². The number of sulfonamides is 1. The lowest BCUT2D eigenvalue weighted by Crippen LogP contribution is -2.30. The van der Waals surface area contributed by atoms with Gasteiger partial charge in [0.05, 0.1) is 4.90 Å². The molecule has 116 valence electrons. The number of benzene rings is 1. The highest BCUT2D eigenvalue weighted by molar-refractivity contribution is 7.89. The second kappa shape index (κ2) is 6.09. The zero-order valence-corrected chi connectivity index (χ0v) is 13.6. The molecule has 3 nitrogen and oxygen atoms in total. The highest BCUT2D eigenvalue weighted by Gasteiger charge is 2.36. The van der Waals surface area contributed by atoms with Gasteiger partial charge in [0.2, 0.25) is 10.0 Å². The molecule has 0 amide bonds. The zero-order valence-electron chi connectivity index (χ0n) is 12.8. The van der Waals surface area contributed by atoms with Gasteiger partial charge in [-0.1, -0.05) is 49.8 Å². The Bertz CT molecular complexity index is 573. The van der Waals surface area contributed by atoms with Crippen LogP contribution in [0.15, 0.2) is 29.2 Å². The average Bonchev–Trinajstić information content (AvgIpc) is 2.99. The monoisotopic (exact) mass is 307 g/mol. The zero-order chi connectivity index (χ0) is 14.9. The molecule has 0 radical (unpaired) electrons. The highest BCUT2D eigenvalue weighted by Crippen LogP contribution is 2.36. The predicted molar refractivity (Wildman–Crippen MR) is 84.6 cm³/mol. The first-order chi connectivity index (χ1) is 10.1. The van der Waals surface area contributed by atoms with E-state index in [1.807, 2.05) is 19.1 Å². The van der Waals surface area contributed by atoms with Crippen molar-refractivity contribution in [3.8, 4) is 0 Å². The third-order valence-electron chi connectivity index (χ3n) is 5.16. The first-order valence-corrected chi connectivity index (χ1v) is 9.58. The maximum atomic E-state index is 12.7. The quantitative estimate of drug-likeness (QED) is 0.856. The number of aryl methyl sites for hydroxylation is 1. The van der Waals surface area contributed by atoms with Gasteiger partial charge < -0.3 is 0 Å². The van der Waals surface area contributed by atoms with E-state index in [9.17, 15) is 8.42 Å². The third-order valence-corrected chi connectivity index (χ3v) is 7.04. The molecule has 3 rings (SSSR count). The first-order valence-electron chi connectivity index (χ1n) is 8.14. The lowest BCUT2D eigenvalue weighted by molar-refractivity contribution is 0.256. The molecule has 0 bridgehead atoms. The Morgan fingerprint density at radius 1 is 0.952 bits per heavy atom. The molecule has 1 saturated heterocycles. The molecule has 1 aliphatic heterocycles. The third kappa shape index (κ3) is 3.16. The van der Waals surface area contributed by atoms with E-state index in [1.165, 1.54) is 32.1 Å². The summed E-state index contributed by atoms with van der Waals surface area (Å²) in [5.74, 6) is 1.32. The minimum atomic E-state index is -3.29. The van der Waals surface area contributed by atoms with Crippen LogP contribution in [0.1, 0.15) is 44.1 Å². The second-order valence-corrected chi connectivity index (χ2v) is 8.56. The van der Waals surface area contributed by atoms with E-state index in [1.54, 1.807) is 16.4 Å². The molecule has 4 heteroatoms. The summed E-state index contributed by atoms with van der Waals surface area (Å²) >= 11 is 0. The molecule has 2 aliphatic rings. The van der Waals surface area contributed by atoms with Crippen LogP contribution in [-0.2, 0) is 10.0 Å². The second-order valence-electron chi connectivity index (χ2n) is 6.62. The van der Waals surface area contributed by atoms with Crippen LogP contribution in [0.4, 0.5) is 0 Å². The van der Waals surface area contributed by atoms with Crippen LogP contribution in [0.2, 0.25) is 0 Å². The van der Waals surface area contributed by atoms with Crippen molar-refractivity contribution in [1.29, 1.82) is 0 Å². The van der Waals surface area contributed by atoms with Crippen molar-refractivity contribution >= 4 is 10.0 Å². The summed E-state index contributed by atoms with van der Waals surface area (Å²) in [6, 6.07) is 7.22. The van der Waals surface area contributed by atoms with E-state index in [4.69, 9.17) is 0 Å². The van der Waals surface area contributed by atoms with Gasteiger partial charge in [0.1, 0.15) is 0 Å². The Hall–Kier alpha value is -0.870. The van der Waals surface area contributed by atoms with E-state index in [2.05, 4.69) is 0 Å². The summed E-state index contributed by atoms with van der Waals surface area (Å²) in [6.07, 6.45) is 7.63. The van der Waals surface area contributed by atoms with Gasteiger partial charge in [-0.2, -0.15) is 4.31 Å². The Kier molecular flexibility index (Phi) is 4.36. The molecular weight excluding hydrogens is 282 g/mol. The fraction of sp³-hybridized carbons (Fsp3) is 0.647. The number of nitrogens with zero attached hydrogens (tertiary/aromatic N) is 1. The largest absolute Gasteiger partial charge is 0.243 e. The summed E-state index contributed by atoms with van der Waals surface area (Å²) in [4.78, 5) is 0.442. The SMILES string of the molecule is Cc1ccc(S(=O)(=O)N2CCC(C3CCCCC3)C2)cc1. The van der Waals surface area contributed by atoms with E-state index in [-0.39, 0.29) is 0 Å². The van der Waals surface area contributed by atoms with Crippen LogP contribution >= 0.6 is 0 Å². The molecule has 1 aromatic rings. The van der Waals surface area contributed by atoms with Gasteiger partial charge >= 0.3 is 0 Å². The maximum absolute atomic E-state index is 12.7. The summed E-state index contributed by atoms with van der Waals surface area (Å²) in [5.41, 5.74) is 1.09. The van der Waals surface area contributed by atoms with Gasteiger partial charge in [-0.15, -0.1) is 0 Å². The van der Waals surface area contributed by atoms with Gasteiger partial charge in [0.15, 0.2) is 0 Å². The Morgan fingerprint density at radius 2 is 1.62 bits per heavy atom. The van der Waals surface area contributed by atoms with Gasteiger partial charge in [-0.05, 0) is 37.3 Å². The molecule has 1 atom stereocenters. The summed E-state index contributed by atoms with van der Waals surface area (Å²) in [5, 5.41) is 0. The standard InChI is InChI=1S/C17H25NO2S/c1-14-7-9-17(10-8-14)21(19,20)18-12-11-16(13-18)15-5-3-2-4-6-15/h7-10,15-16H,2-6,11-13H2,1H3. The topological polar surface area (TPSA) is 37.4 Å². The average molecular weight is 307 g/mol. The molecule has 1 aromatic carbocycles. The molecule has 0 N–H and O–H groups in total. The van der Waals surface area contributed by atoms with Gasteiger partial charge in [0, 0.05) is 13.1 Å². The summed E-state index contributed by atoms with van der Waals surface area (Å²) in [6.45, 7) is 3.39. The van der Waals surface area contributed by atoms with E-state index in [0.717, 1.165) is 24.4 Å². The maximum Gasteiger partial charge on any atom is 0.243 e. The Balaban J connectivity index is 1.71. The predicted octanol–water partition coefficient (Wildman–Crippen LogP) is 3.59. The Morgan fingerprint density at radius 3 is 2.29 bits per heavy atom. The van der Waals surface area contributed by atoms with Crippen molar-refractivity contribution in [2.45, 2.75) is 50.3 Å². The molecule has 1 unspecified atom stereocenters. The minimum Gasteiger partial charge on any atom is -0.207 e. The van der Waals surface area contributed by atoms with Crippen LogP contribution in [-0.4, -0.2) is 25.8 Å². The van der Waals surface area contributed by atoms with Crippen molar-refractivity contribution in [2.75, 3.05) is 13.1 Å². The summed E-state index contributed by atoms with van der Waals surface area (Å²) < 4.78 is 27.1.